The summed E-state index contributed by atoms with van der Waals surface area (Å²) >= 11 is 0. The van der Waals surface area contributed by atoms with Crippen LogP contribution in [-0.2, 0) is 26.2 Å². The maximum absolute atomic E-state index is 14.2. The Morgan fingerprint density at radius 3 is 2.09 bits per heavy atom. The highest BCUT2D eigenvalue weighted by atomic mass is 32.2. The van der Waals surface area contributed by atoms with E-state index in [0.29, 0.717) is 30.0 Å². The molecule has 8 nitrogen and oxygen atoms in total. The number of unbranched alkanes of at least 4 members (excludes halogenated alkanes) is 1. The molecule has 4 aromatic rings. The van der Waals surface area contributed by atoms with Gasteiger partial charge in [-0.3, -0.25) is 13.9 Å². The number of rotatable bonds is 15. The van der Waals surface area contributed by atoms with Crippen LogP contribution in [0.1, 0.15) is 44.2 Å². The Morgan fingerprint density at radius 1 is 0.848 bits per heavy atom. The van der Waals surface area contributed by atoms with Gasteiger partial charge < -0.3 is 15.0 Å². The number of sulfonamides is 1. The van der Waals surface area contributed by atoms with Crippen LogP contribution in [0.2, 0.25) is 0 Å². The quantitative estimate of drug-likeness (QED) is 0.143. The van der Waals surface area contributed by atoms with Crippen LogP contribution in [-0.4, -0.2) is 44.3 Å². The lowest BCUT2D eigenvalue weighted by molar-refractivity contribution is -0.140. The smallest absolute Gasteiger partial charge is 0.264 e. The number of benzene rings is 4. The Bertz CT molecular complexity index is 1680. The molecule has 46 heavy (non-hydrogen) atoms. The van der Waals surface area contributed by atoms with E-state index in [1.165, 1.54) is 29.2 Å². The summed E-state index contributed by atoms with van der Waals surface area (Å²) in [4.78, 5) is 28.9. The summed E-state index contributed by atoms with van der Waals surface area (Å²) < 4.78 is 48.9. The van der Waals surface area contributed by atoms with Gasteiger partial charge in [0.1, 0.15) is 29.9 Å². The zero-order valence-corrected chi connectivity index (χ0v) is 27.2. The van der Waals surface area contributed by atoms with Crippen molar-refractivity contribution in [1.82, 2.24) is 10.2 Å². The topological polar surface area (TPSA) is 96.0 Å². The third-order valence-electron chi connectivity index (χ3n) is 7.47. The Kier molecular flexibility index (Phi) is 11.9. The monoisotopic (exact) mass is 645 g/mol. The number of nitrogens with zero attached hydrogens (tertiary/aromatic N) is 2. The van der Waals surface area contributed by atoms with Crippen molar-refractivity contribution in [3.8, 4) is 11.5 Å². The summed E-state index contributed by atoms with van der Waals surface area (Å²) in [7, 11) is -4.23. The molecule has 0 spiro atoms. The van der Waals surface area contributed by atoms with Crippen molar-refractivity contribution in [1.29, 1.82) is 0 Å². The van der Waals surface area contributed by atoms with Crippen molar-refractivity contribution in [2.75, 3.05) is 17.4 Å². The Morgan fingerprint density at radius 2 is 1.48 bits per heavy atom. The van der Waals surface area contributed by atoms with Gasteiger partial charge in [0.05, 0.1) is 10.6 Å². The zero-order chi connectivity index (χ0) is 33.1. The van der Waals surface area contributed by atoms with Gasteiger partial charge in [0.25, 0.3) is 10.0 Å². The normalized spacial score (nSPS) is 11.8. The zero-order valence-electron chi connectivity index (χ0n) is 26.4. The molecule has 10 heteroatoms. The number of carbonyl (C=O) groups excluding carboxylic acids is 2. The third-order valence-corrected chi connectivity index (χ3v) is 9.26. The molecule has 1 atom stereocenters. The van der Waals surface area contributed by atoms with Crippen LogP contribution >= 0.6 is 0 Å². The number of hydrogen-bond donors (Lipinski definition) is 1. The number of nitrogens with one attached hydrogen (secondary N) is 1. The Hall–Kier alpha value is -4.70. The molecule has 0 fully saturated rings. The van der Waals surface area contributed by atoms with Crippen molar-refractivity contribution in [2.24, 2.45) is 0 Å². The van der Waals surface area contributed by atoms with Crippen LogP contribution in [0.5, 0.6) is 11.5 Å². The van der Waals surface area contributed by atoms with Crippen molar-refractivity contribution >= 4 is 27.5 Å². The molecule has 1 N–H and O–H groups in total. The summed E-state index contributed by atoms with van der Waals surface area (Å²) in [6.45, 7) is 5.53. The van der Waals surface area contributed by atoms with Crippen molar-refractivity contribution in [3.05, 3.63) is 120 Å². The average molecular weight is 646 g/mol. The van der Waals surface area contributed by atoms with E-state index in [1.807, 2.05) is 32.0 Å². The highest BCUT2D eigenvalue weighted by Gasteiger charge is 2.33. The van der Waals surface area contributed by atoms with Crippen LogP contribution < -0.4 is 14.4 Å². The minimum atomic E-state index is -4.23. The van der Waals surface area contributed by atoms with Gasteiger partial charge in [-0.25, -0.2) is 12.8 Å². The van der Waals surface area contributed by atoms with Crippen LogP contribution in [0, 0.1) is 12.7 Å². The van der Waals surface area contributed by atoms with Gasteiger partial charge in [-0.2, -0.15) is 0 Å². The van der Waals surface area contributed by atoms with Crippen molar-refractivity contribution < 1.29 is 27.1 Å². The van der Waals surface area contributed by atoms with Gasteiger partial charge in [0.2, 0.25) is 11.8 Å². The summed E-state index contributed by atoms with van der Waals surface area (Å²) in [6, 6.07) is 26.8. The molecule has 0 aromatic heterocycles. The molecular weight excluding hydrogens is 605 g/mol. The predicted octanol–water partition coefficient (Wildman–Crippen LogP) is 6.85. The second kappa shape index (κ2) is 16.0. The Labute approximate surface area is 270 Å². The van der Waals surface area contributed by atoms with Gasteiger partial charge in [-0.05, 0) is 86.0 Å². The van der Waals surface area contributed by atoms with Gasteiger partial charge in [-0.15, -0.1) is 0 Å². The number of aryl methyl sites for hydroxylation is 1. The number of anilines is 1. The first-order valence-electron chi connectivity index (χ1n) is 15.4. The fourth-order valence-electron chi connectivity index (χ4n) is 4.88. The summed E-state index contributed by atoms with van der Waals surface area (Å²) in [5.41, 5.74) is 1.73. The highest BCUT2D eigenvalue weighted by Crippen LogP contribution is 2.29. The molecule has 0 radical (unpaired) electrons. The van der Waals surface area contributed by atoms with E-state index >= 15 is 0 Å². The van der Waals surface area contributed by atoms with Gasteiger partial charge in [0.15, 0.2) is 0 Å². The van der Waals surface area contributed by atoms with Gasteiger partial charge in [-0.1, -0.05) is 68.3 Å². The molecular formula is C36H40FN3O5S. The van der Waals surface area contributed by atoms with Crippen molar-refractivity contribution in [3.63, 3.8) is 0 Å². The van der Waals surface area contributed by atoms with E-state index in [-0.39, 0.29) is 23.0 Å². The second-order valence-electron chi connectivity index (χ2n) is 11.0. The SMILES string of the molecule is CCCCNC(=O)[C@@H](CC)N(Cc1ccc(F)cc1)C(=O)CN(c1ccc(Oc2ccccc2)cc1)S(=O)(=O)c1ccc(C)cc1. The van der Waals surface area contributed by atoms with E-state index < -0.39 is 34.3 Å². The van der Waals surface area contributed by atoms with E-state index in [1.54, 1.807) is 67.6 Å². The Balaban J connectivity index is 1.70. The molecule has 0 saturated heterocycles. The van der Waals surface area contributed by atoms with Crippen LogP contribution in [0.15, 0.2) is 108 Å². The predicted molar refractivity (Wildman–Crippen MR) is 178 cm³/mol. The van der Waals surface area contributed by atoms with E-state index in [2.05, 4.69) is 5.32 Å². The first-order chi connectivity index (χ1) is 22.1. The van der Waals surface area contributed by atoms with E-state index in [9.17, 15) is 22.4 Å². The first kappa shape index (κ1) is 34.2. The van der Waals surface area contributed by atoms with Crippen molar-refractivity contribution in [2.45, 2.75) is 57.5 Å². The number of amides is 2. The molecule has 4 aromatic carbocycles. The van der Waals surface area contributed by atoms with Crippen LogP contribution in [0.3, 0.4) is 0 Å². The summed E-state index contributed by atoms with van der Waals surface area (Å²) in [5, 5.41) is 2.90. The van der Waals surface area contributed by atoms with E-state index in [4.69, 9.17) is 4.74 Å². The minimum absolute atomic E-state index is 0.0128. The molecule has 0 aliphatic heterocycles. The van der Waals surface area contributed by atoms with Gasteiger partial charge in [0, 0.05) is 13.1 Å². The lowest BCUT2D eigenvalue weighted by Gasteiger charge is -2.33. The number of halogens is 1. The minimum Gasteiger partial charge on any atom is -0.457 e. The average Bonchev–Trinajstić information content (AvgIpc) is 3.05. The molecule has 0 saturated carbocycles. The second-order valence-corrected chi connectivity index (χ2v) is 12.8. The first-order valence-corrected chi connectivity index (χ1v) is 16.8. The largest absolute Gasteiger partial charge is 0.457 e. The lowest BCUT2D eigenvalue weighted by atomic mass is 10.1. The third kappa shape index (κ3) is 8.94. The summed E-state index contributed by atoms with van der Waals surface area (Å²) in [6.07, 6.45) is 1.96. The highest BCUT2D eigenvalue weighted by molar-refractivity contribution is 7.92. The molecule has 2 amide bonds. The summed E-state index contributed by atoms with van der Waals surface area (Å²) in [5.74, 6) is -0.236. The van der Waals surface area contributed by atoms with Crippen LogP contribution in [0.25, 0.3) is 0 Å². The van der Waals surface area contributed by atoms with Crippen LogP contribution in [0.4, 0.5) is 10.1 Å². The number of para-hydroxylation sites is 1. The fourth-order valence-corrected chi connectivity index (χ4v) is 6.30. The van der Waals surface area contributed by atoms with Gasteiger partial charge >= 0.3 is 0 Å². The van der Waals surface area contributed by atoms with E-state index in [0.717, 1.165) is 22.7 Å². The molecule has 0 heterocycles. The maximum atomic E-state index is 14.2. The number of ether oxygens (including phenoxy) is 1. The molecule has 242 valence electrons. The maximum Gasteiger partial charge on any atom is 0.264 e. The molecule has 0 aliphatic carbocycles. The molecule has 4 rings (SSSR count). The molecule has 0 aliphatic rings. The fraction of sp³-hybridized carbons (Fsp3) is 0.278. The number of carbonyl (C=O) groups is 2. The lowest BCUT2D eigenvalue weighted by Crippen LogP contribution is -2.52. The number of hydrogen-bond acceptors (Lipinski definition) is 5. The molecule has 0 bridgehead atoms. The standard InChI is InChI=1S/C36H40FN3O5S/c1-4-6-24-38-36(42)34(5-2)39(25-28-14-16-29(37)17-15-28)35(41)26-40(46(43,44)33-22-12-27(3)13-23-33)30-18-20-32(21-19-30)45-31-10-8-7-9-11-31/h7-23,34H,4-6,24-26H2,1-3H3,(H,38,42)/t34-/m1/s1. The molecule has 0 unspecified atom stereocenters.